The highest BCUT2D eigenvalue weighted by Crippen LogP contribution is 2.15. The molecule has 0 spiro atoms. The van der Waals surface area contributed by atoms with Crippen molar-refractivity contribution in [3.63, 3.8) is 0 Å². The summed E-state index contributed by atoms with van der Waals surface area (Å²) in [6, 6.07) is 10.6. The summed E-state index contributed by atoms with van der Waals surface area (Å²) in [6.45, 7) is 7.07. The quantitative estimate of drug-likeness (QED) is 0.820. The standard InChI is InChI=1S/C17H24N2O2/c20-17(16-6-11-21-14-16)13-19-9-7-18(8-10-19)12-15-4-2-1-3-5-15/h1-5,16H,6-14H2. The fraction of sp³-hybridized carbons (Fsp3) is 0.588. The van der Waals surface area contributed by atoms with E-state index in [-0.39, 0.29) is 5.92 Å². The van der Waals surface area contributed by atoms with Crippen LogP contribution in [-0.2, 0) is 16.1 Å². The van der Waals surface area contributed by atoms with Crippen molar-refractivity contribution in [2.75, 3.05) is 45.9 Å². The Kier molecular flexibility index (Phi) is 5.01. The van der Waals surface area contributed by atoms with Gasteiger partial charge in [-0.3, -0.25) is 14.6 Å². The maximum absolute atomic E-state index is 12.2. The zero-order chi connectivity index (χ0) is 14.5. The average Bonchev–Trinajstić information content (AvgIpc) is 3.05. The molecule has 2 heterocycles. The molecule has 114 valence electrons. The van der Waals surface area contributed by atoms with Crippen molar-refractivity contribution < 1.29 is 9.53 Å². The SMILES string of the molecule is O=C(CN1CCN(Cc2ccccc2)CC1)C1CCOC1. The summed E-state index contributed by atoms with van der Waals surface area (Å²) < 4.78 is 5.30. The number of hydrogen-bond acceptors (Lipinski definition) is 4. The van der Waals surface area contributed by atoms with E-state index in [4.69, 9.17) is 4.74 Å². The van der Waals surface area contributed by atoms with Crippen LogP contribution in [0.1, 0.15) is 12.0 Å². The third-order valence-corrected chi connectivity index (χ3v) is 4.48. The minimum absolute atomic E-state index is 0.146. The molecule has 0 radical (unpaired) electrons. The first kappa shape index (κ1) is 14.7. The number of hydrogen-bond donors (Lipinski definition) is 0. The van der Waals surface area contributed by atoms with Crippen LogP contribution in [-0.4, -0.2) is 61.5 Å². The Morgan fingerprint density at radius 3 is 2.48 bits per heavy atom. The lowest BCUT2D eigenvalue weighted by Crippen LogP contribution is -2.48. The maximum Gasteiger partial charge on any atom is 0.152 e. The van der Waals surface area contributed by atoms with Crippen LogP contribution in [0.25, 0.3) is 0 Å². The number of ether oxygens (including phenoxy) is 1. The van der Waals surface area contributed by atoms with Gasteiger partial charge in [0.1, 0.15) is 0 Å². The summed E-state index contributed by atoms with van der Waals surface area (Å²) in [5.74, 6) is 0.511. The lowest BCUT2D eigenvalue weighted by Gasteiger charge is -2.34. The third kappa shape index (κ3) is 4.13. The molecule has 1 aromatic rings. The molecule has 21 heavy (non-hydrogen) atoms. The van der Waals surface area contributed by atoms with Gasteiger partial charge in [0.05, 0.1) is 13.2 Å². The van der Waals surface area contributed by atoms with E-state index >= 15 is 0 Å². The largest absolute Gasteiger partial charge is 0.381 e. The van der Waals surface area contributed by atoms with Crippen LogP contribution in [0.3, 0.4) is 0 Å². The van der Waals surface area contributed by atoms with E-state index in [1.165, 1.54) is 5.56 Å². The minimum atomic E-state index is 0.146. The highest BCUT2D eigenvalue weighted by Gasteiger charge is 2.26. The molecule has 0 bridgehead atoms. The van der Waals surface area contributed by atoms with Gasteiger partial charge in [0.25, 0.3) is 0 Å². The van der Waals surface area contributed by atoms with Gasteiger partial charge in [-0.1, -0.05) is 30.3 Å². The van der Waals surface area contributed by atoms with E-state index in [1.807, 2.05) is 0 Å². The second-order valence-corrected chi connectivity index (χ2v) is 6.06. The summed E-state index contributed by atoms with van der Waals surface area (Å²) in [7, 11) is 0. The van der Waals surface area contributed by atoms with Crippen molar-refractivity contribution in [1.29, 1.82) is 0 Å². The summed E-state index contributed by atoms with van der Waals surface area (Å²) in [4.78, 5) is 16.9. The Morgan fingerprint density at radius 1 is 1.10 bits per heavy atom. The van der Waals surface area contributed by atoms with Crippen molar-refractivity contribution >= 4 is 5.78 Å². The summed E-state index contributed by atoms with van der Waals surface area (Å²) in [6.07, 6.45) is 0.910. The zero-order valence-electron chi connectivity index (χ0n) is 12.5. The first-order chi connectivity index (χ1) is 10.3. The molecule has 4 heteroatoms. The predicted octanol–water partition coefficient (Wildman–Crippen LogP) is 1.41. The molecule has 3 rings (SSSR count). The molecule has 2 fully saturated rings. The molecule has 1 aromatic carbocycles. The smallest absolute Gasteiger partial charge is 0.152 e. The molecule has 0 aliphatic carbocycles. The van der Waals surface area contributed by atoms with Crippen molar-refractivity contribution in [1.82, 2.24) is 9.80 Å². The first-order valence-electron chi connectivity index (χ1n) is 7.90. The van der Waals surface area contributed by atoms with Gasteiger partial charge in [-0.25, -0.2) is 0 Å². The molecule has 0 aromatic heterocycles. The van der Waals surface area contributed by atoms with Crippen molar-refractivity contribution in [3.8, 4) is 0 Å². The van der Waals surface area contributed by atoms with E-state index < -0.39 is 0 Å². The average molecular weight is 288 g/mol. The number of piperazine rings is 1. The normalized spacial score (nSPS) is 24.3. The van der Waals surface area contributed by atoms with Gasteiger partial charge < -0.3 is 4.74 Å². The monoisotopic (exact) mass is 288 g/mol. The van der Waals surface area contributed by atoms with E-state index in [0.29, 0.717) is 18.9 Å². The number of nitrogens with zero attached hydrogens (tertiary/aromatic N) is 2. The van der Waals surface area contributed by atoms with Crippen LogP contribution in [0.5, 0.6) is 0 Å². The molecule has 0 saturated carbocycles. The summed E-state index contributed by atoms with van der Waals surface area (Å²) >= 11 is 0. The minimum Gasteiger partial charge on any atom is -0.381 e. The second-order valence-electron chi connectivity index (χ2n) is 6.06. The zero-order valence-corrected chi connectivity index (χ0v) is 12.5. The van der Waals surface area contributed by atoms with Crippen molar-refractivity contribution in [2.45, 2.75) is 13.0 Å². The molecular formula is C17H24N2O2. The molecular weight excluding hydrogens is 264 g/mol. The number of carbonyl (C=O) groups excluding carboxylic acids is 1. The number of Topliss-reactive ketones (excluding diaryl/α,β-unsaturated/α-hetero) is 1. The molecule has 0 N–H and O–H groups in total. The lowest BCUT2D eigenvalue weighted by atomic mass is 10.0. The molecule has 2 aliphatic rings. The molecule has 0 amide bonds. The van der Waals surface area contributed by atoms with Crippen LogP contribution in [0.15, 0.2) is 30.3 Å². The van der Waals surface area contributed by atoms with Gasteiger partial charge in [0.15, 0.2) is 5.78 Å². The summed E-state index contributed by atoms with van der Waals surface area (Å²) in [5, 5.41) is 0. The number of rotatable bonds is 5. The highest BCUT2D eigenvalue weighted by molar-refractivity contribution is 5.83. The second kappa shape index (κ2) is 7.16. The Hall–Kier alpha value is -1.23. The Morgan fingerprint density at radius 2 is 1.81 bits per heavy atom. The Balaban J connectivity index is 1.41. The Bertz CT molecular complexity index is 449. The molecule has 4 nitrogen and oxygen atoms in total. The molecule has 2 saturated heterocycles. The Labute approximate surface area is 126 Å². The van der Waals surface area contributed by atoms with Crippen LogP contribution in [0.2, 0.25) is 0 Å². The van der Waals surface area contributed by atoms with Crippen LogP contribution in [0.4, 0.5) is 0 Å². The molecule has 2 aliphatic heterocycles. The molecule has 1 unspecified atom stereocenters. The van der Waals surface area contributed by atoms with E-state index in [1.54, 1.807) is 0 Å². The van der Waals surface area contributed by atoms with Gasteiger partial charge in [0.2, 0.25) is 0 Å². The lowest BCUT2D eigenvalue weighted by molar-refractivity contribution is -0.124. The topological polar surface area (TPSA) is 32.8 Å². The van der Waals surface area contributed by atoms with Gasteiger partial charge in [0, 0.05) is 45.2 Å². The van der Waals surface area contributed by atoms with Crippen LogP contribution in [0, 0.1) is 5.92 Å². The molecule has 1 atom stereocenters. The van der Waals surface area contributed by atoms with Gasteiger partial charge in [-0.15, -0.1) is 0 Å². The fourth-order valence-electron chi connectivity index (χ4n) is 3.09. The van der Waals surface area contributed by atoms with E-state index in [9.17, 15) is 4.79 Å². The first-order valence-corrected chi connectivity index (χ1v) is 7.90. The van der Waals surface area contributed by atoms with Gasteiger partial charge in [-0.2, -0.15) is 0 Å². The van der Waals surface area contributed by atoms with Gasteiger partial charge >= 0.3 is 0 Å². The van der Waals surface area contributed by atoms with Crippen molar-refractivity contribution in [2.24, 2.45) is 5.92 Å². The number of benzene rings is 1. The van der Waals surface area contributed by atoms with Crippen molar-refractivity contribution in [3.05, 3.63) is 35.9 Å². The van der Waals surface area contributed by atoms with E-state index in [0.717, 1.165) is 45.8 Å². The van der Waals surface area contributed by atoms with E-state index in [2.05, 4.69) is 40.1 Å². The fourth-order valence-corrected chi connectivity index (χ4v) is 3.09. The highest BCUT2D eigenvalue weighted by atomic mass is 16.5. The number of carbonyl (C=O) groups is 1. The number of ketones is 1. The predicted molar refractivity (Wildman–Crippen MR) is 82.1 cm³/mol. The van der Waals surface area contributed by atoms with Crippen LogP contribution >= 0.6 is 0 Å². The third-order valence-electron chi connectivity index (χ3n) is 4.48. The van der Waals surface area contributed by atoms with Gasteiger partial charge in [-0.05, 0) is 12.0 Å². The summed E-state index contributed by atoms with van der Waals surface area (Å²) in [5.41, 5.74) is 1.37. The maximum atomic E-state index is 12.2. The van der Waals surface area contributed by atoms with Crippen LogP contribution < -0.4 is 0 Å².